The third-order valence-electron chi connectivity index (χ3n) is 4.07. The van der Waals surface area contributed by atoms with E-state index >= 15 is 0 Å². The number of allylic oxidation sites excluding steroid dienone is 2. The molecule has 1 aromatic carbocycles. The second kappa shape index (κ2) is 8.36. The van der Waals surface area contributed by atoms with E-state index in [0.717, 1.165) is 30.5 Å². The van der Waals surface area contributed by atoms with E-state index in [9.17, 15) is 9.59 Å². The van der Waals surface area contributed by atoms with Gasteiger partial charge in [0.15, 0.2) is 0 Å². The molecule has 23 heavy (non-hydrogen) atoms. The van der Waals surface area contributed by atoms with Crippen molar-refractivity contribution in [1.29, 1.82) is 0 Å². The minimum Gasteiger partial charge on any atom is -0.342 e. The van der Waals surface area contributed by atoms with Gasteiger partial charge in [0.2, 0.25) is 5.91 Å². The van der Waals surface area contributed by atoms with Crippen molar-refractivity contribution in [3.63, 3.8) is 0 Å². The van der Waals surface area contributed by atoms with Crippen LogP contribution >= 0.6 is 0 Å². The lowest BCUT2D eigenvalue weighted by Crippen LogP contribution is -2.33. The van der Waals surface area contributed by atoms with E-state index in [-0.39, 0.29) is 11.9 Å². The van der Waals surface area contributed by atoms with Gasteiger partial charge < -0.3 is 15.5 Å². The Morgan fingerprint density at radius 2 is 2.13 bits per heavy atom. The molecule has 0 bridgehead atoms. The second-order valence-corrected chi connectivity index (χ2v) is 6.06. The number of nitrogens with zero attached hydrogens (tertiary/aromatic N) is 1. The number of anilines is 1. The van der Waals surface area contributed by atoms with Gasteiger partial charge in [-0.2, -0.15) is 0 Å². The summed E-state index contributed by atoms with van der Waals surface area (Å²) < 4.78 is 0. The Morgan fingerprint density at radius 1 is 1.30 bits per heavy atom. The summed E-state index contributed by atoms with van der Waals surface area (Å²) >= 11 is 0. The lowest BCUT2D eigenvalue weighted by Gasteiger charge is -2.18. The molecule has 1 aliphatic carbocycles. The standard InChI is InChI=1S/C18H25N3O2/c1-14(22)21(2)13-16-9-6-10-17(11-16)20-18(23)19-12-15-7-4-3-5-8-15/h3-4,6,9-11,15H,5,7-8,12-13H2,1-2H3,(H2,19,20,23)/t15-/m0/s1. The lowest BCUT2D eigenvalue weighted by atomic mass is 9.94. The van der Waals surface area contributed by atoms with E-state index < -0.39 is 0 Å². The molecule has 0 saturated heterocycles. The highest BCUT2D eigenvalue weighted by Gasteiger charge is 2.11. The summed E-state index contributed by atoms with van der Waals surface area (Å²) in [6.07, 6.45) is 7.64. The third-order valence-corrected chi connectivity index (χ3v) is 4.07. The van der Waals surface area contributed by atoms with Crippen molar-refractivity contribution in [3.05, 3.63) is 42.0 Å². The molecule has 1 atom stereocenters. The number of benzene rings is 1. The van der Waals surface area contributed by atoms with Crippen molar-refractivity contribution in [2.45, 2.75) is 32.7 Å². The maximum atomic E-state index is 12.0. The van der Waals surface area contributed by atoms with Crippen LogP contribution in [0.4, 0.5) is 10.5 Å². The molecule has 5 nitrogen and oxygen atoms in total. The molecule has 0 spiro atoms. The van der Waals surface area contributed by atoms with Crippen LogP contribution in [0.25, 0.3) is 0 Å². The number of amides is 3. The molecular weight excluding hydrogens is 290 g/mol. The largest absolute Gasteiger partial charge is 0.342 e. The van der Waals surface area contributed by atoms with E-state index in [1.807, 2.05) is 24.3 Å². The van der Waals surface area contributed by atoms with Crippen LogP contribution in [0.15, 0.2) is 36.4 Å². The minimum absolute atomic E-state index is 0.0163. The Morgan fingerprint density at radius 3 is 2.83 bits per heavy atom. The molecule has 1 aromatic rings. The normalized spacial score (nSPS) is 16.7. The van der Waals surface area contributed by atoms with E-state index in [2.05, 4.69) is 22.8 Å². The number of carbonyl (C=O) groups is 2. The Kier molecular flexibility index (Phi) is 6.20. The summed E-state index contributed by atoms with van der Waals surface area (Å²) in [5, 5.41) is 5.78. The van der Waals surface area contributed by atoms with Gasteiger partial charge in [0.1, 0.15) is 0 Å². The number of carbonyl (C=O) groups excluding carboxylic acids is 2. The summed E-state index contributed by atoms with van der Waals surface area (Å²) in [4.78, 5) is 24.9. The van der Waals surface area contributed by atoms with Gasteiger partial charge in [-0.05, 0) is 42.9 Å². The molecule has 1 aliphatic rings. The van der Waals surface area contributed by atoms with Crippen molar-refractivity contribution >= 4 is 17.6 Å². The highest BCUT2D eigenvalue weighted by atomic mass is 16.2. The van der Waals surface area contributed by atoms with Gasteiger partial charge in [-0.25, -0.2) is 4.79 Å². The molecule has 2 N–H and O–H groups in total. The van der Waals surface area contributed by atoms with Crippen molar-refractivity contribution in [1.82, 2.24) is 10.2 Å². The minimum atomic E-state index is -0.184. The second-order valence-electron chi connectivity index (χ2n) is 6.06. The zero-order chi connectivity index (χ0) is 16.7. The highest BCUT2D eigenvalue weighted by molar-refractivity contribution is 5.89. The fourth-order valence-electron chi connectivity index (χ4n) is 2.59. The molecular formula is C18H25N3O2. The fourth-order valence-corrected chi connectivity index (χ4v) is 2.59. The van der Waals surface area contributed by atoms with Crippen LogP contribution in [-0.4, -0.2) is 30.4 Å². The first kappa shape index (κ1) is 17.1. The topological polar surface area (TPSA) is 61.4 Å². The molecule has 0 aromatic heterocycles. The van der Waals surface area contributed by atoms with Crippen molar-refractivity contribution in [2.75, 3.05) is 18.9 Å². The summed E-state index contributed by atoms with van der Waals surface area (Å²) in [6, 6.07) is 7.38. The van der Waals surface area contributed by atoms with Crippen LogP contribution in [0, 0.1) is 5.92 Å². The van der Waals surface area contributed by atoms with Crippen LogP contribution in [0.1, 0.15) is 31.7 Å². The predicted molar refractivity (Wildman–Crippen MR) is 92.1 cm³/mol. The third kappa shape index (κ3) is 5.77. The summed E-state index contributed by atoms with van der Waals surface area (Å²) in [7, 11) is 1.76. The SMILES string of the molecule is CC(=O)N(C)Cc1cccc(NC(=O)NC[C@H]2CC=CCC2)c1. The average Bonchev–Trinajstić information content (AvgIpc) is 2.54. The molecule has 3 amide bonds. The van der Waals surface area contributed by atoms with Crippen LogP contribution in [0.2, 0.25) is 0 Å². The summed E-state index contributed by atoms with van der Waals surface area (Å²) in [6.45, 7) is 2.76. The van der Waals surface area contributed by atoms with Gasteiger partial charge in [-0.1, -0.05) is 24.3 Å². The number of rotatable bonds is 5. The van der Waals surface area contributed by atoms with E-state index in [1.165, 1.54) is 6.92 Å². The molecule has 0 saturated carbocycles. The molecule has 124 valence electrons. The van der Waals surface area contributed by atoms with Gasteiger partial charge in [-0.3, -0.25) is 4.79 Å². The predicted octanol–water partition coefficient (Wildman–Crippen LogP) is 3.14. The molecule has 0 radical (unpaired) electrons. The Balaban J connectivity index is 1.83. The Hall–Kier alpha value is -2.30. The number of nitrogens with one attached hydrogen (secondary N) is 2. The maximum Gasteiger partial charge on any atom is 0.319 e. The van der Waals surface area contributed by atoms with Gasteiger partial charge in [0.25, 0.3) is 0 Å². The Bertz CT molecular complexity index is 583. The monoisotopic (exact) mass is 315 g/mol. The molecule has 0 aliphatic heterocycles. The summed E-state index contributed by atoms with van der Waals surface area (Å²) in [5.41, 5.74) is 1.72. The number of hydrogen-bond acceptors (Lipinski definition) is 2. The quantitative estimate of drug-likeness (QED) is 0.820. The molecule has 2 rings (SSSR count). The molecule has 0 fully saturated rings. The molecule has 0 heterocycles. The average molecular weight is 315 g/mol. The van der Waals surface area contributed by atoms with Crippen LogP contribution in [0.5, 0.6) is 0 Å². The first-order valence-corrected chi connectivity index (χ1v) is 8.05. The lowest BCUT2D eigenvalue weighted by molar-refractivity contribution is -0.128. The van der Waals surface area contributed by atoms with Gasteiger partial charge in [0.05, 0.1) is 0 Å². The molecule has 5 heteroatoms. The first-order chi connectivity index (χ1) is 11.0. The maximum absolute atomic E-state index is 12.0. The van der Waals surface area contributed by atoms with Crippen molar-refractivity contribution < 1.29 is 9.59 Å². The highest BCUT2D eigenvalue weighted by Crippen LogP contribution is 2.17. The van der Waals surface area contributed by atoms with E-state index in [4.69, 9.17) is 0 Å². The number of hydrogen-bond donors (Lipinski definition) is 2. The zero-order valence-corrected chi connectivity index (χ0v) is 13.8. The van der Waals surface area contributed by atoms with Crippen LogP contribution in [0.3, 0.4) is 0 Å². The first-order valence-electron chi connectivity index (χ1n) is 8.05. The van der Waals surface area contributed by atoms with Crippen molar-refractivity contribution in [3.8, 4) is 0 Å². The van der Waals surface area contributed by atoms with E-state index in [0.29, 0.717) is 19.0 Å². The van der Waals surface area contributed by atoms with Crippen molar-refractivity contribution in [2.24, 2.45) is 5.92 Å². The smallest absolute Gasteiger partial charge is 0.319 e. The van der Waals surface area contributed by atoms with Crippen LogP contribution in [-0.2, 0) is 11.3 Å². The Labute approximate surface area is 137 Å². The summed E-state index contributed by atoms with van der Waals surface area (Å²) in [5.74, 6) is 0.545. The van der Waals surface area contributed by atoms with Crippen LogP contribution < -0.4 is 10.6 Å². The van der Waals surface area contributed by atoms with Gasteiger partial charge in [0, 0.05) is 32.7 Å². The molecule has 0 unspecified atom stereocenters. The van der Waals surface area contributed by atoms with Gasteiger partial charge in [-0.15, -0.1) is 0 Å². The number of urea groups is 1. The fraction of sp³-hybridized carbons (Fsp3) is 0.444. The zero-order valence-electron chi connectivity index (χ0n) is 13.8. The van der Waals surface area contributed by atoms with Gasteiger partial charge >= 0.3 is 6.03 Å². The van der Waals surface area contributed by atoms with E-state index in [1.54, 1.807) is 11.9 Å².